The summed E-state index contributed by atoms with van der Waals surface area (Å²) in [5.74, 6) is 1.14. The van der Waals surface area contributed by atoms with E-state index in [1.54, 1.807) is 13.2 Å². The topological polar surface area (TPSA) is 59.6 Å². The maximum atomic E-state index is 6.18. The zero-order valence-corrected chi connectivity index (χ0v) is 12.6. The van der Waals surface area contributed by atoms with E-state index in [1.165, 1.54) is 0 Å². The lowest BCUT2D eigenvalue weighted by Gasteiger charge is -2.07. The lowest BCUT2D eigenvalue weighted by atomic mass is 10.1. The highest BCUT2D eigenvalue weighted by molar-refractivity contribution is 6.31. The number of aliphatic imine (C=N–C) groups is 1. The van der Waals surface area contributed by atoms with E-state index in [9.17, 15) is 0 Å². The molecule has 3 N–H and O–H groups in total. The largest absolute Gasteiger partial charge is 0.497 e. The Morgan fingerprint density at radius 2 is 2.00 bits per heavy atom. The molecule has 0 spiro atoms. The van der Waals surface area contributed by atoms with Gasteiger partial charge >= 0.3 is 0 Å². The van der Waals surface area contributed by atoms with Gasteiger partial charge in [0.05, 0.1) is 7.11 Å². The van der Waals surface area contributed by atoms with Crippen LogP contribution < -0.4 is 15.8 Å². The van der Waals surface area contributed by atoms with Gasteiger partial charge in [0.1, 0.15) is 5.75 Å². The number of nitrogens with two attached hydrogens (primary N) is 1. The van der Waals surface area contributed by atoms with Gasteiger partial charge in [0, 0.05) is 17.3 Å². The Morgan fingerprint density at radius 1 is 1.24 bits per heavy atom. The quantitative estimate of drug-likeness (QED) is 0.658. The van der Waals surface area contributed by atoms with Crippen molar-refractivity contribution in [2.45, 2.75) is 6.42 Å². The minimum atomic E-state index is 0.394. The van der Waals surface area contributed by atoms with Crippen LogP contribution in [0.25, 0.3) is 0 Å². The maximum absolute atomic E-state index is 6.18. The van der Waals surface area contributed by atoms with Gasteiger partial charge in [0.2, 0.25) is 0 Å². The number of benzene rings is 2. The Bertz CT molecular complexity index is 614. The fraction of sp³-hybridized carbons (Fsp3) is 0.188. The van der Waals surface area contributed by atoms with Crippen molar-refractivity contribution in [1.29, 1.82) is 0 Å². The van der Waals surface area contributed by atoms with Crippen molar-refractivity contribution >= 4 is 23.2 Å². The summed E-state index contributed by atoms with van der Waals surface area (Å²) in [5.41, 5.74) is 7.78. The van der Waals surface area contributed by atoms with Crippen molar-refractivity contribution in [1.82, 2.24) is 0 Å². The highest BCUT2D eigenvalue weighted by Crippen LogP contribution is 2.22. The first-order chi connectivity index (χ1) is 10.2. The zero-order valence-electron chi connectivity index (χ0n) is 11.8. The molecule has 0 atom stereocenters. The normalized spacial score (nSPS) is 11.2. The summed E-state index contributed by atoms with van der Waals surface area (Å²) < 4.78 is 5.12. The highest BCUT2D eigenvalue weighted by Gasteiger charge is 2.02. The second-order valence-electron chi connectivity index (χ2n) is 4.47. The van der Waals surface area contributed by atoms with Crippen LogP contribution in [0, 0.1) is 0 Å². The lowest BCUT2D eigenvalue weighted by molar-refractivity contribution is 0.414. The van der Waals surface area contributed by atoms with Crippen molar-refractivity contribution < 1.29 is 4.74 Å². The van der Waals surface area contributed by atoms with E-state index in [0.29, 0.717) is 17.5 Å². The minimum Gasteiger partial charge on any atom is -0.497 e. The molecule has 0 saturated heterocycles. The molecule has 0 aliphatic carbocycles. The molecule has 2 aromatic carbocycles. The predicted octanol–water partition coefficient (Wildman–Crippen LogP) is 3.32. The fourth-order valence-corrected chi connectivity index (χ4v) is 2.13. The van der Waals surface area contributed by atoms with Gasteiger partial charge < -0.3 is 15.8 Å². The molecule has 0 unspecified atom stereocenters. The first-order valence-corrected chi connectivity index (χ1v) is 7.01. The van der Waals surface area contributed by atoms with Crippen LogP contribution in [0.5, 0.6) is 5.75 Å². The molecule has 0 fully saturated rings. The van der Waals surface area contributed by atoms with Gasteiger partial charge in [-0.05, 0) is 36.2 Å². The number of nitrogens with one attached hydrogen (secondary N) is 1. The van der Waals surface area contributed by atoms with E-state index in [-0.39, 0.29) is 0 Å². The zero-order chi connectivity index (χ0) is 15.1. The monoisotopic (exact) mass is 303 g/mol. The van der Waals surface area contributed by atoms with E-state index in [4.69, 9.17) is 22.1 Å². The summed E-state index contributed by atoms with van der Waals surface area (Å²) in [6.07, 6.45) is 0.722. The summed E-state index contributed by atoms with van der Waals surface area (Å²) in [7, 11) is 1.62. The molecule has 0 saturated carbocycles. The number of para-hydroxylation sites is 1. The molecule has 110 valence electrons. The third kappa shape index (κ3) is 4.68. The van der Waals surface area contributed by atoms with E-state index in [2.05, 4.69) is 10.3 Å². The van der Waals surface area contributed by atoms with Crippen LogP contribution in [-0.2, 0) is 6.42 Å². The molecular formula is C16H18ClN3O. The average Bonchev–Trinajstić information content (AvgIpc) is 2.50. The SMILES string of the molecule is COc1ccc(CCN=C(N)Nc2ccccc2)c(Cl)c1. The van der Waals surface area contributed by atoms with Crippen molar-refractivity contribution in [2.75, 3.05) is 19.0 Å². The fourth-order valence-electron chi connectivity index (χ4n) is 1.86. The Kier molecular flexibility index (Phi) is 5.46. The first-order valence-electron chi connectivity index (χ1n) is 6.63. The summed E-state index contributed by atoms with van der Waals surface area (Å²) >= 11 is 6.18. The predicted molar refractivity (Wildman–Crippen MR) is 88.3 cm³/mol. The first kappa shape index (κ1) is 15.2. The number of hydrogen-bond donors (Lipinski definition) is 2. The molecule has 0 bridgehead atoms. The number of hydrogen-bond acceptors (Lipinski definition) is 2. The average molecular weight is 304 g/mol. The molecule has 2 aromatic rings. The summed E-state index contributed by atoms with van der Waals surface area (Å²) in [5, 5.41) is 3.72. The number of anilines is 1. The van der Waals surface area contributed by atoms with Crippen LogP contribution in [0.2, 0.25) is 5.02 Å². The number of rotatable bonds is 5. The third-order valence-corrected chi connectivity index (χ3v) is 3.32. The van der Waals surface area contributed by atoms with Crippen LogP contribution in [0.4, 0.5) is 5.69 Å². The summed E-state index contributed by atoms with van der Waals surface area (Å²) in [6, 6.07) is 15.3. The second kappa shape index (κ2) is 7.55. The molecule has 0 aromatic heterocycles. The Morgan fingerprint density at radius 3 is 2.67 bits per heavy atom. The standard InChI is InChI=1S/C16H18ClN3O/c1-21-14-8-7-12(15(17)11-14)9-10-19-16(18)20-13-5-3-2-4-6-13/h2-8,11H,9-10H2,1H3,(H3,18,19,20). The van der Waals surface area contributed by atoms with E-state index in [1.807, 2.05) is 42.5 Å². The van der Waals surface area contributed by atoms with Gasteiger partial charge in [-0.2, -0.15) is 0 Å². The molecule has 0 radical (unpaired) electrons. The molecule has 0 amide bonds. The minimum absolute atomic E-state index is 0.394. The van der Waals surface area contributed by atoms with Crippen LogP contribution in [0.1, 0.15) is 5.56 Å². The number of nitrogens with zero attached hydrogens (tertiary/aromatic N) is 1. The number of guanidine groups is 1. The van der Waals surface area contributed by atoms with E-state index < -0.39 is 0 Å². The highest BCUT2D eigenvalue weighted by atomic mass is 35.5. The molecule has 0 aliphatic rings. The maximum Gasteiger partial charge on any atom is 0.193 e. The lowest BCUT2D eigenvalue weighted by Crippen LogP contribution is -2.23. The van der Waals surface area contributed by atoms with Gasteiger partial charge in [0.15, 0.2) is 5.96 Å². The van der Waals surface area contributed by atoms with Gasteiger partial charge in [-0.1, -0.05) is 35.9 Å². The van der Waals surface area contributed by atoms with Crippen molar-refractivity contribution in [2.24, 2.45) is 10.7 Å². The van der Waals surface area contributed by atoms with Crippen molar-refractivity contribution in [3.63, 3.8) is 0 Å². The van der Waals surface area contributed by atoms with Crippen LogP contribution in [0.3, 0.4) is 0 Å². The third-order valence-electron chi connectivity index (χ3n) is 2.97. The molecule has 2 rings (SSSR count). The molecule has 5 heteroatoms. The van der Waals surface area contributed by atoms with Gasteiger partial charge in [-0.15, -0.1) is 0 Å². The number of ether oxygens (including phenoxy) is 1. The van der Waals surface area contributed by atoms with Gasteiger partial charge in [0.25, 0.3) is 0 Å². The Hall–Kier alpha value is -2.20. The summed E-state index contributed by atoms with van der Waals surface area (Å²) in [6.45, 7) is 0.567. The van der Waals surface area contributed by atoms with Crippen molar-refractivity contribution in [3.05, 3.63) is 59.1 Å². The number of methoxy groups -OCH3 is 1. The van der Waals surface area contributed by atoms with Crippen LogP contribution in [-0.4, -0.2) is 19.6 Å². The van der Waals surface area contributed by atoms with E-state index >= 15 is 0 Å². The van der Waals surface area contributed by atoms with Crippen LogP contribution >= 0.6 is 11.6 Å². The van der Waals surface area contributed by atoms with Gasteiger partial charge in [-0.25, -0.2) is 0 Å². The summed E-state index contributed by atoms with van der Waals surface area (Å²) in [4.78, 5) is 4.29. The van der Waals surface area contributed by atoms with E-state index in [0.717, 1.165) is 23.4 Å². The smallest absolute Gasteiger partial charge is 0.193 e. The Labute approximate surface area is 129 Å². The van der Waals surface area contributed by atoms with Crippen LogP contribution in [0.15, 0.2) is 53.5 Å². The molecule has 21 heavy (non-hydrogen) atoms. The molecule has 4 nitrogen and oxygen atoms in total. The second-order valence-corrected chi connectivity index (χ2v) is 4.87. The molecule has 0 heterocycles. The molecular weight excluding hydrogens is 286 g/mol. The van der Waals surface area contributed by atoms with Gasteiger partial charge in [-0.3, -0.25) is 4.99 Å². The number of halogens is 1. The molecule has 0 aliphatic heterocycles. The Balaban J connectivity index is 1.89. The van der Waals surface area contributed by atoms with Crippen molar-refractivity contribution in [3.8, 4) is 5.75 Å².